The molecule has 0 N–H and O–H groups in total. The molecule has 0 bridgehead atoms. The molecule has 0 radical (unpaired) electrons. The number of ketones is 1. The van der Waals surface area contributed by atoms with Gasteiger partial charge in [-0.2, -0.15) is 0 Å². The van der Waals surface area contributed by atoms with Crippen LogP contribution in [0.4, 0.5) is 0 Å². The summed E-state index contributed by atoms with van der Waals surface area (Å²) in [4.78, 5) is 15.0. The first-order chi connectivity index (χ1) is 8.28. The predicted molar refractivity (Wildman–Crippen MR) is 72.6 cm³/mol. The third kappa shape index (κ3) is 2.62. The van der Waals surface area contributed by atoms with E-state index in [9.17, 15) is 4.79 Å². The van der Waals surface area contributed by atoms with Crippen LogP contribution in [0.1, 0.15) is 53.9 Å². The number of hydrogen-bond acceptors (Lipinski definition) is 3. The van der Waals surface area contributed by atoms with Gasteiger partial charge in [0, 0.05) is 12.6 Å². The molecule has 1 aliphatic carbocycles. The molecule has 0 aromatic rings. The van der Waals surface area contributed by atoms with Crippen LogP contribution < -0.4 is 0 Å². The molecule has 2 fully saturated rings. The Morgan fingerprint density at radius 3 is 2.28 bits per heavy atom. The van der Waals surface area contributed by atoms with Crippen molar-refractivity contribution in [2.75, 3.05) is 13.1 Å². The lowest BCUT2D eigenvalue weighted by molar-refractivity contribution is -0.132. The predicted octanol–water partition coefficient (Wildman–Crippen LogP) is 2.63. The Kier molecular flexibility index (Phi) is 3.58. The molecule has 2 rings (SSSR count). The summed E-state index contributed by atoms with van der Waals surface area (Å²) >= 11 is 0. The van der Waals surface area contributed by atoms with Crippen molar-refractivity contribution in [1.82, 2.24) is 4.90 Å². The van der Waals surface area contributed by atoms with Gasteiger partial charge in [-0.3, -0.25) is 9.69 Å². The van der Waals surface area contributed by atoms with E-state index in [1.807, 2.05) is 13.8 Å². The minimum Gasteiger partial charge on any atom is -0.361 e. The first-order valence-corrected chi connectivity index (χ1v) is 7.26. The maximum atomic E-state index is 12.5. The van der Waals surface area contributed by atoms with Crippen LogP contribution in [0, 0.1) is 5.92 Å². The Balaban J connectivity index is 2.09. The van der Waals surface area contributed by atoms with Gasteiger partial charge < -0.3 is 4.74 Å². The van der Waals surface area contributed by atoms with E-state index >= 15 is 0 Å². The third-order valence-electron chi connectivity index (χ3n) is 4.26. The highest BCUT2D eigenvalue weighted by Crippen LogP contribution is 2.40. The number of rotatable bonds is 5. The summed E-state index contributed by atoms with van der Waals surface area (Å²) < 4.78 is 5.96. The zero-order chi connectivity index (χ0) is 13.6. The molecule has 18 heavy (non-hydrogen) atoms. The second kappa shape index (κ2) is 4.61. The van der Waals surface area contributed by atoms with Gasteiger partial charge in [-0.25, -0.2) is 0 Å². The van der Waals surface area contributed by atoms with Gasteiger partial charge in [0.05, 0.1) is 11.5 Å². The van der Waals surface area contributed by atoms with Crippen LogP contribution in [0.25, 0.3) is 0 Å². The van der Waals surface area contributed by atoms with Crippen LogP contribution in [0.5, 0.6) is 0 Å². The fourth-order valence-electron chi connectivity index (χ4n) is 3.20. The monoisotopic (exact) mass is 253 g/mol. The van der Waals surface area contributed by atoms with E-state index in [1.165, 1.54) is 12.8 Å². The molecule has 2 aliphatic rings. The van der Waals surface area contributed by atoms with Crippen molar-refractivity contribution in [3.63, 3.8) is 0 Å². The molecule has 3 nitrogen and oxygen atoms in total. The largest absolute Gasteiger partial charge is 0.361 e. The Bertz CT molecular complexity index is 331. The molecule has 1 saturated carbocycles. The second-order valence-electron chi connectivity index (χ2n) is 6.86. The van der Waals surface area contributed by atoms with Crippen molar-refractivity contribution >= 4 is 5.78 Å². The summed E-state index contributed by atoms with van der Waals surface area (Å²) in [6, 6.07) is 0.720. The topological polar surface area (TPSA) is 29.5 Å². The molecule has 0 amide bonds. The highest BCUT2D eigenvalue weighted by atomic mass is 16.5. The summed E-state index contributed by atoms with van der Waals surface area (Å²) in [6.45, 7) is 12.1. The van der Waals surface area contributed by atoms with Crippen LogP contribution in [0.3, 0.4) is 0 Å². The summed E-state index contributed by atoms with van der Waals surface area (Å²) in [5.74, 6) is 0.286. The third-order valence-corrected chi connectivity index (χ3v) is 4.26. The maximum absolute atomic E-state index is 12.5. The van der Waals surface area contributed by atoms with Gasteiger partial charge in [-0.15, -0.1) is 0 Å². The van der Waals surface area contributed by atoms with E-state index in [0.717, 1.165) is 25.6 Å². The maximum Gasteiger partial charge on any atom is 0.171 e. The SMILES string of the molecule is CCCN(CC1C(=O)C(C)(C)OC1(C)C)C1CC1. The Morgan fingerprint density at radius 1 is 1.28 bits per heavy atom. The molecular weight excluding hydrogens is 226 g/mol. The van der Waals surface area contributed by atoms with E-state index in [-0.39, 0.29) is 17.3 Å². The van der Waals surface area contributed by atoms with Gasteiger partial charge in [-0.1, -0.05) is 6.92 Å². The first-order valence-electron chi connectivity index (χ1n) is 7.26. The molecule has 1 atom stereocenters. The highest BCUT2D eigenvalue weighted by molar-refractivity contribution is 5.91. The lowest BCUT2D eigenvalue weighted by atomic mass is 9.85. The van der Waals surface area contributed by atoms with Crippen molar-refractivity contribution in [1.29, 1.82) is 0 Å². The van der Waals surface area contributed by atoms with Crippen molar-refractivity contribution in [2.24, 2.45) is 5.92 Å². The van der Waals surface area contributed by atoms with Crippen LogP contribution >= 0.6 is 0 Å². The minimum absolute atomic E-state index is 0.0136. The van der Waals surface area contributed by atoms with Crippen molar-refractivity contribution in [3.8, 4) is 0 Å². The lowest BCUT2D eigenvalue weighted by Gasteiger charge is -2.30. The number of Topliss-reactive ketones (excluding diaryl/α,β-unsaturated/α-hetero) is 1. The Hall–Kier alpha value is -0.410. The average Bonchev–Trinajstić information content (AvgIpc) is 3.02. The lowest BCUT2D eigenvalue weighted by Crippen LogP contribution is -2.42. The number of hydrogen-bond donors (Lipinski definition) is 0. The molecule has 1 heterocycles. The van der Waals surface area contributed by atoms with E-state index in [1.54, 1.807) is 0 Å². The number of ether oxygens (including phenoxy) is 1. The highest BCUT2D eigenvalue weighted by Gasteiger charge is 2.54. The van der Waals surface area contributed by atoms with Gasteiger partial charge >= 0.3 is 0 Å². The zero-order valence-electron chi connectivity index (χ0n) is 12.5. The molecular formula is C15H27NO2. The Morgan fingerprint density at radius 2 is 1.89 bits per heavy atom. The standard InChI is InChI=1S/C15H27NO2/c1-6-9-16(11-7-8-11)10-12-13(17)15(4,5)18-14(12,2)3/h11-12H,6-10H2,1-5H3. The fraction of sp³-hybridized carbons (Fsp3) is 0.933. The summed E-state index contributed by atoms with van der Waals surface area (Å²) in [5, 5.41) is 0. The smallest absolute Gasteiger partial charge is 0.171 e. The van der Waals surface area contributed by atoms with Crippen molar-refractivity contribution in [3.05, 3.63) is 0 Å². The molecule has 0 spiro atoms. The van der Waals surface area contributed by atoms with Gasteiger partial charge in [-0.05, 0) is 53.5 Å². The molecule has 0 aromatic carbocycles. The molecule has 0 aromatic heterocycles. The van der Waals surface area contributed by atoms with Crippen molar-refractivity contribution in [2.45, 2.75) is 71.1 Å². The van der Waals surface area contributed by atoms with Gasteiger partial charge in [0.2, 0.25) is 0 Å². The minimum atomic E-state index is -0.615. The quantitative estimate of drug-likeness (QED) is 0.754. The summed E-state index contributed by atoms with van der Waals surface area (Å²) in [5.41, 5.74) is -0.947. The van der Waals surface area contributed by atoms with Gasteiger partial charge in [0.1, 0.15) is 5.60 Å². The first kappa shape index (κ1) is 14.0. The molecule has 3 heteroatoms. The van der Waals surface area contributed by atoms with Gasteiger partial charge in [0.25, 0.3) is 0 Å². The van der Waals surface area contributed by atoms with E-state index < -0.39 is 5.60 Å². The van der Waals surface area contributed by atoms with Crippen LogP contribution in [-0.2, 0) is 9.53 Å². The zero-order valence-corrected chi connectivity index (χ0v) is 12.5. The van der Waals surface area contributed by atoms with E-state index in [2.05, 4.69) is 25.7 Å². The average molecular weight is 253 g/mol. The second-order valence-corrected chi connectivity index (χ2v) is 6.86. The Labute approximate surface area is 111 Å². The van der Waals surface area contributed by atoms with Crippen LogP contribution in [0.15, 0.2) is 0 Å². The normalized spacial score (nSPS) is 30.1. The number of nitrogens with zero attached hydrogens (tertiary/aromatic N) is 1. The fourth-order valence-corrected chi connectivity index (χ4v) is 3.20. The van der Waals surface area contributed by atoms with Crippen LogP contribution in [0.2, 0.25) is 0 Å². The van der Waals surface area contributed by atoms with Crippen LogP contribution in [-0.4, -0.2) is 41.0 Å². The molecule has 1 saturated heterocycles. The van der Waals surface area contributed by atoms with E-state index in [4.69, 9.17) is 4.74 Å². The summed E-state index contributed by atoms with van der Waals surface area (Å²) in [6.07, 6.45) is 3.75. The summed E-state index contributed by atoms with van der Waals surface area (Å²) in [7, 11) is 0. The molecule has 104 valence electrons. The van der Waals surface area contributed by atoms with Crippen molar-refractivity contribution < 1.29 is 9.53 Å². The number of carbonyl (C=O) groups is 1. The van der Waals surface area contributed by atoms with E-state index in [0.29, 0.717) is 0 Å². The molecule has 1 aliphatic heterocycles. The molecule has 1 unspecified atom stereocenters. The number of carbonyl (C=O) groups excluding carboxylic acids is 1. The van der Waals surface area contributed by atoms with Gasteiger partial charge in [0.15, 0.2) is 5.78 Å².